The Hall–Kier alpha value is -1.10. The van der Waals surface area contributed by atoms with E-state index in [1.165, 1.54) is 0 Å². The lowest BCUT2D eigenvalue weighted by molar-refractivity contribution is -0.160. The van der Waals surface area contributed by atoms with Crippen LogP contribution in [-0.2, 0) is 14.3 Å². The van der Waals surface area contributed by atoms with Crippen LogP contribution in [0, 0.1) is 0 Å². The van der Waals surface area contributed by atoms with E-state index in [2.05, 4.69) is 4.90 Å². The second kappa shape index (κ2) is 5.84. The summed E-state index contributed by atoms with van der Waals surface area (Å²) in [5, 5.41) is 0. The van der Waals surface area contributed by atoms with E-state index in [1.807, 2.05) is 14.0 Å². The summed E-state index contributed by atoms with van der Waals surface area (Å²) in [6, 6.07) is 0.0596. The molecule has 5 heteroatoms. The maximum Gasteiger partial charge on any atom is 0.397 e. The van der Waals surface area contributed by atoms with Gasteiger partial charge in [-0.25, -0.2) is 4.79 Å². The van der Waals surface area contributed by atoms with Gasteiger partial charge >= 0.3 is 11.9 Å². The third-order valence-corrected chi connectivity index (χ3v) is 2.76. The van der Waals surface area contributed by atoms with Crippen LogP contribution in [-0.4, -0.2) is 61.0 Å². The van der Waals surface area contributed by atoms with Gasteiger partial charge in [-0.2, -0.15) is 0 Å². The Labute approximate surface area is 96.3 Å². The summed E-state index contributed by atoms with van der Waals surface area (Å²) in [4.78, 5) is 26.9. The van der Waals surface area contributed by atoms with E-state index in [9.17, 15) is 9.59 Å². The van der Waals surface area contributed by atoms with Crippen molar-refractivity contribution >= 4 is 11.9 Å². The first-order valence-corrected chi connectivity index (χ1v) is 5.72. The van der Waals surface area contributed by atoms with Gasteiger partial charge in [0.15, 0.2) is 0 Å². The number of nitrogens with zero attached hydrogens (tertiary/aromatic N) is 2. The molecular weight excluding hydrogens is 208 g/mol. The van der Waals surface area contributed by atoms with Crippen LogP contribution in [0.4, 0.5) is 0 Å². The lowest BCUT2D eigenvalue weighted by Crippen LogP contribution is -2.45. The van der Waals surface area contributed by atoms with Gasteiger partial charge in [-0.15, -0.1) is 0 Å². The van der Waals surface area contributed by atoms with Gasteiger partial charge in [-0.3, -0.25) is 4.79 Å². The minimum atomic E-state index is -0.737. The molecule has 0 N–H and O–H groups in total. The topological polar surface area (TPSA) is 49.9 Å². The molecule has 1 saturated heterocycles. The summed E-state index contributed by atoms with van der Waals surface area (Å²) in [6.45, 7) is 6.28. The first-order chi connectivity index (χ1) is 7.56. The largest absolute Gasteiger partial charge is 0.459 e. The van der Waals surface area contributed by atoms with Crippen molar-refractivity contribution in [1.82, 2.24) is 9.80 Å². The summed E-state index contributed by atoms with van der Waals surface area (Å²) < 4.78 is 4.73. The van der Waals surface area contributed by atoms with Crippen LogP contribution >= 0.6 is 0 Å². The molecule has 1 rings (SSSR count). The molecule has 0 aliphatic carbocycles. The first kappa shape index (κ1) is 13.0. The highest BCUT2D eigenvalue weighted by atomic mass is 16.5. The van der Waals surface area contributed by atoms with E-state index in [4.69, 9.17) is 4.74 Å². The molecule has 0 radical (unpaired) electrons. The van der Waals surface area contributed by atoms with E-state index in [0.29, 0.717) is 6.54 Å². The number of hydrogen-bond acceptors (Lipinski definition) is 4. The van der Waals surface area contributed by atoms with Crippen molar-refractivity contribution in [1.29, 1.82) is 0 Å². The summed E-state index contributed by atoms with van der Waals surface area (Å²) in [7, 11) is 2.02. The van der Waals surface area contributed by atoms with Gasteiger partial charge in [0.05, 0.1) is 6.61 Å². The Morgan fingerprint density at radius 2 is 2.06 bits per heavy atom. The number of carbonyl (C=O) groups excluding carboxylic acids is 2. The second-order valence-electron chi connectivity index (χ2n) is 4.18. The average molecular weight is 228 g/mol. The van der Waals surface area contributed by atoms with E-state index < -0.39 is 11.9 Å². The van der Waals surface area contributed by atoms with Gasteiger partial charge in [0.2, 0.25) is 0 Å². The highest BCUT2D eigenvalue weighted by Gasteiger charge is 2.29. The standard InChI is InChI=1S/C11H20N2O3/c1-4-16-11(15)10(14)13-7-5-6-12(3)8-9(13)2/h9H,4-8H2,1-3H3. The second-order valence-corrected chi connectivity index (χ2v) is 4.18. The molecule has 0 aromatic rings. The number of esters is 1. The number of likely N-dealkylation sites (N-methyl/N-ethyl adjacent to an activating group) is 1. The Bertz CT molecular complexity index is 268. The maximum atomic E-state index is 11.8. The van der Waals surface area contributed by atoms with Crippen LogP contribution < -0.4 is 0 Å². The maximum absolute atomic E-state index is 11.8. The third kappa shape index (κ3) is 3.20. The van der Waals surface area contributed by atoms with Crippen molar-refractivity contribution in [3.8, 4) is 0 Å². The summed E-state index contributed by atoms with van der Waals surface area (Å²) in [5.74, 6) is -1.25. The molecule has 1 amide bonds. The SMILES string of the molecule is CCOC(=O)C(=O)N1CCCN(C)CC1C. The Morgan fingerprint density at radius 1 is 1.38 bits per heavy atom. The van der Waals surface area contributed by atoms with Crippen molar-refractivity contribution < 1.29 is 14.3 Å². The number of rotatable bonds is 1. The quantitative estimate of drug-likeness (QED) is 0.472. The molecule has 0 spiro atoms. The van der Waals surface area contributed by atoms with Crippen molar-refractivity contribution in [2.24, 2.45) is 0 Å². The van der Waals surface area contributed by atoms with Gasteiger partial charge in [-0.1, -0.05) is 0 Å². The van der Waals surface area contributed by atoms with E-state index in [-0.39, 0.29) is 12.6 Å². The van der Waals surface area contributed by atoms with E-state index in [0.717, 1.165) is 19.5 Å². The van der Waals surface area contributed by atoms with Crippen molar-refractivity contribution in [2.75, 3.05) is 33.3 Å². The predicted octanol–water partition coefficient (Wildman–Crippen LogP) is 0.102. The molecule has 0 saturated carbocycles. The fourth-order valence-electron chi connectivity index (χ4n) is 1.98. The van der Waals surface area contributed by atoms with Crippen LogP contribution in [0.15, 0.2) is 0 Å². The van der Waals surface area contributed by atoms with Crippen molar-refractivity contribution in [2.45, 2.75) is 26.3 Å². The number of carbonyl (C=O) groups is 2. The lowest BCUT2D eigenvalue weighted by Gasteiger charge is -2.26. The molecule has 1 fully saturated rings. The van der Waals surface area contributed by atoms with Crippen molar-refractivity contribution in [3.63, 3.8) is 0 Å². The monoisotopic (exact) mass is 228 g/mol. The Kier molecular flexibility index (Phi) is 4.73. The van der Waals surface area contributed by atoms with Gasteiger partial charge in [-0.05, 0) is 33.9 Å². The molecule has 0 bridgehead atoms. The summed E-state index contributed by atoms with van der Waals surface area (Å²) in [6.07, 6.45) is 0.895. The van der Waals surface area contributed by atoms with E-state index in [1.54, 1.807) is 11.8 Å². The van der Waals surface area contributed by atoms with Gasteiger partial charge < -0.3 is 14.5 Å². The van der Waals surface area contributed by atoms with Crippen LogP contribution in [0.2, 0.25) is 0 Å². The zero-order chi connectivity index (χ0) is 12.1. The molecule has 1 unspecified atom stereocenters. The molecule has 1 aliphatic heterocycles. The smallest absolute Gasteiger partial charge is 0.397 e. The highest BCUT2D eigenvalue weighted by molar-refractivity contribution is 6.32. The summed E-state index contributed by atoms with van der Waals surface area (Å²) in [5.41, 5.74) is 0. The molecule has 16 heavy (non-hydrogen) atoms. The van der Waals surface area contributed by atoms with Gasteiger partial charge in [0.25, 0.3) is 0 Å². The van der Waals surface area contributed by atoms with Gasteiger partial charge in [0.1, 0.15) is 0 Å². The van der Waals surface area contributed by atoms with E-state index >= 15 is 0 Å². The molecule has 1 atom stereocenters. The van der Waals surface area contributed by atoms with Crippen LogP contribution in [0.1, 0.15) is 20.3 Å². The zero-order valence-electron chi connectivity index (χ0n) is 10.2. The molecule has 0 aromatic carbocycles. The van der Waals surface area contributed by atoms with Gasteiger partial charge in [0, 0.05) is 19.1 Å². The average Bonchev–Trinajstić information content (AvgIpc) is 2.38. The number of hydrogen-bond donors (Lipinski definition) is 0. The molecule has 1 aliphatic rings. The molecular formula is C11H20N2O3. The predicted molar refractivity (Wildman–Crippen MR) is 59.9 cm³/mol. The molecule has 5 nitrogen and oxygen atoms in total. The fourth-order valence-corrected chi connectivity index (χ4v) is 1.98. The minimum absolute atomic E-state index is 0.0596. The van der Waals surface area contributed by atoms with Crippen LogP contribution in [0.25, 0.3) is 0 Å². The normalized spacial score (nSPS) is 22.7. The lowest BCUT2D eigenvalue weighted by atomic mass is 10.2. The minimum Gasteiger partial charge on any atom is -0.459 e. The van der Waals surface area contributed by atoms with Crippen LogP contribution in [0.5, 0.6) is 0 Å². The van der Waals surface area contributed by atoms with Crippen LogP contribution in [0.3, 0.4) is 0 Å². The number of amides is 1. The third-order valence-electron chi connectivity index (χ3n) is 2.76. The molecule has 1 heterocycles. The molecule has 92 valence electrons. The molecule has 0 aromatic heterocycles. The Morgan fingerprint density at radius 3 is 2.69 bits per heavy atom. The fraction of sp³-hybridized carbons (Fsp3) is 0.818. The zero-order valence-corrected chi connectivity index (χ0v) is 10.2. The number of ether oxygens (including phenoxy) is 1. The highest BCUT2D eigenvalue weighted by Crippen LogP contribution is 2.09. The summed E-state index contributed by atoms with van der Waals surface area (Å²) >= 11 is 0. The Balaban J connectivity index is 2.63. The van der Waals surface area contributed by atoms with Crippen molar-refractivity contribution in [3.05, 3.63) is 0 Å². The first-order valence-electron chi connectivity index (χ1n) is 5.72.